The van der Waals surface area contributed by atoms with Crippen molar-refractivity contribution in [1.29, 1.82) is 0 Å². The molecule has 0 radical (unpaired) electrons. The summed E-state index contributed by atoms with van der Waals surface area (Å²) in [4.78, 5) is 15.9. The number of halogens is 1. The number of rotatable bonds is 5. The number of carbonyl (C=O) groups excluding carboxylic acids is 1. The molecule has 0 bridgehead atoms. The third-order valence-electron chi connectivity index (χ3n) is 4.26. The van der Waals surface area contributed by atoms with E-state index in [1.165, 1.54) is 23.5 Å². The van der Waals surface area contributed by atoms with Crippen LogP contribution in [-0.2, 0) is 4.79 Å². The number of benzene rings is 2. The first-order valence-electron chi connectivity index (χ1n) is 8.58. The van der Waals surface area contributed by atoms with E-state index in [1.807, 2.05) is 31.2 Å². The van der Waals surface area contributed by atoms with Crippen LogP contribution in [0.2, 0.25) is 0 Å². The van der Waals surface area contributed by atoms with Gasteiger partial charge in [-0.05, 0) is 55.0 Å². The van der Waals surface area contributed by atoms with E-state index < -0.39 is 5.97 Å². The summed E-state index contributed by atoms with van der Waals surface area (Å²) in [5.74, 6) is -1.49. The third kappa shape index (κ3) is 3.70. The average Bonchev–Trinajstić information content (AvgIpc) is 3.25. The molecule has 7 heteroatoms. The molecule has 140 valence electrons. The van der Waals surface area contributed by atoms with E-state index in [9.17, 15) is 14.3 Å². The monoisotopic (exact) mass is 392 g/mol. The Morgan fingerprint density at radius 3 is 2.68 bits per heavy atom. The van der Waals surface area contributed by atoms with Gasteiger partial charge in [-0.2, -0.15) is 5.10 Å². The highest BCUT2D eigenvalue weighted by molar-refractivity contribution is 7.19. The largest absolute Gasteiger partial charge is 0.550 e. The molecule has 0 atom stereocenters. The van der Waals surface area contributed by atoms with Crippen LogP contribution in [0.5, 0.6) is 0 Å². The average molecular weight is 392 g/mol. The quantitative estimate of drug-likeness (QED) is 0.520. The minimum Gasteiger partial charge on any atom is -0.550 e. The molecule has 0 saturated heterocycles. The minimum absolute atomic E-state index is 0.249. The number of nitrogens with zero attached hydrogens (tertiary/aromatic N) is 3. The minimum atomic E-state index is -1.17. The van der Waals surface area contributed by atoms with E-state index in [0.717, 1.165) is 21.5 Å². The van der Waals surface area contributed by atoms with Crippen LogP contribution in [0.25, 0.3) is 27.6 Å². The molecule has 2 heterocycles. The summed E-state index contributed by atoms with van der Waals surface area (Å²) < 4.78 is 15.8. The Morgan fingerprint density at radius 2 is 1.96 bits per heavy atom. The van der Waals surface area contributed by atoms with Crippen molar-refractivity contribution in [2.45, 2.75) is 13.3 Å². The van der Waals surface area contributed by atoms with E-state index in [1.54, 1.807) is 29.1 Å². The van der Waals surface area contributed by atoms with Gasteiger partial charge in [0.15, 0.2) is 0 Å². The molecule has 0 amide bonds. The van der Waals surface area contributed by atoms with Crippen molar-refractivity contribution in [2.75, 3.05) is 0 Å². The molecular formula is C21H15FN3O2S-. The SMILES string of the molecule is Cc1nn(-c2ccc(F)cc2)cc1/C=C(\CC(=O)[O-])c1nc2ccccc2s1. The molecule has 0 aliphatic carbocycles. The molecule has 5 nitrogen and oxygen atoms in total. The van der Waals surface area contributed by atoms with E-state index in [4.69, 9.17) is 0 Å². The number of aryl methyl sites for hydroxylation is 1. The van der Waals surface area contributed by atoms with Gasteiger partial charge < -0.3 is 9.90 Å². The molecule has 4 aromatic rings. The Kier molecular flexibility index (Phi) is 4.75. The smallest absolute Gasteiger partial charge is 0.123 e. The summed E-state index contributed by atoms with van der Waals surface area (Å²) in [5, 5.41) is 16.4. The van der Waals surface area contributed by atoms with Gasteiger partial charge in [-0.25, -0.2) is 14.1 Å². The maximum atomic E-state index is 13.1. The van der Waals surface area contributed by atoms with Crippen LogP contribution in [0.4, 0.5) is 4.39 Å². The van der Waals surface area contributed by atoms with Gasteiger partial charge in [-0.1, -0.05) is 12.1 Å². The van der Waals surface area contributed by atoms with Crippen LogP contribution >= 0.6 is 11.3 Å². The molecule has 0 spiro atoms. The fourth-order valence-corrected chi connectivity index (χ4v) is 3.86. The van der Waals surface area contributed by atoms with Crippen molar-refractivity contribution >= 4 is 39.2 Å². The summed E-state index contributed by atoms with van der Waals surface area (Å²) in [7, 11) is 0. The van der Waals surface area contributed by atoms with E-state index in [2.05, 4.69) is 10.1 Å². The van der Waals surface area contributed by atoms with Crippen LogP contribution in [0.1, 0.15) is 22.7 Å². The van der Waals surface area contributed by atoms with Gasteiger partial charge >= 0.3 is 0 Å². The van der Waals surface area contributed by atoms with Gasteiger partial charge in [-0.15, -0.1) is 11.3 Å². The molecule has 4 rings (SSSR count). The third-order valence-corrected chi connectivity index (χ3v) is 5.37. The Morgan fingerprint density at radius 1 is 1.21 bits per heavy atom. The second kappa shape index (κ2) is 7.36. The lowest BCUT2D eigenvalue weighted by Crippen LogP contribution is -2.22. The molecule has 0 saturated carbocycles. The summed E-state index contributed by atoms with van der Waals surface area (Å²) in [5.41, 5.74) is 3.58. The highest BCUT2D eigenvalue weighted by Crippen LogP contribution is 2.30. The van der Waals surface area contributed by atoms with Crippen molar-refractivity contribution < 1.29 is 14.3 Å². The molecule has 0 aliphatic rings. The Hall–Kier alpha value is -3.32. The second-order valence-electron chi connectivity index (χ2n) is 6.30. The van der Waals surface area contributed by atoms with Crippen LogP contribution in [0.3, 0.4) is 0 Å². The van der Waals surface area contributed by atoms with Crippen molar-refractivity contribution in [1.82, 2.24) is 14.8 Å². The number of fused-ring (bicyclic) bond motifs is 1. The summed E-state index contributed by atoms with van der Waals surface area (Å²) in [6.45, 7) is 1.83. The number of aliphatic carboxylic acids is 1. The van der Waals surface area contributed by atoms with Gasteiger partial charge in [0.25, 0.3) is 0 Å². The van der Waals surface area contributed by atoms with Crippen LogP contribution in [0, 0.1) is 12.7 Å². The number of carbonyl (C=O) groups is 1. The van der Waals surface area contributed by atoms with Crippen molar-refractivity contribution in [3.8, 4) is 5.69 Å². The number of aromatic nitrogens is 3. The molecule has 0 N–H and O–H groups in total. The summed E-state index contributed by atoms with van der Waals surface area (Å²) >= 11 is 1.44. The maximum Gasteiger partial charge on any atom is 0.123 e. The van der Waals surface area contributed by atoms with E-state index in [-0.39, 0.29) is 12.2 Å². The molecule has 0 unspecified atom stereocenters. The zero-order chi connectivity index (χ0) is 19.7. The fourth-order valence-electron chi connectivity index (χ4n) is 2.88. The summed E-state index contributed by atoms with van der Waals surface area (Å²) in [6.07, 6.45) is 3.31. The fraction of sp³-hybridized carbons (Fsp3) is 0.0952. The van der Waals surface area contributed by atoms with Gasteiger partial charge in [0, 0.05) is 24.2 Å². The number of carboxylic acid groups (broad SMARTS) is 1. The molecule has 2 aromatic heterocycles. The predicted octanol–water partition coefficient (Wildman–Crippen LogP) is 3.61. The molecule has 0 aliphatic heterocycles. The second-order valence-corrected chi connectivity index (χ2v) is 7.33. The first-order valence-corrected chi connectivity index (χ1v) is 9.40. The molecule has 0 fully saturated rings. The standard InChI is InChI=1S/C21H16FN3O2S/c1-13-15(12-25(24-13)17-8-6-16(22)7-9-17)10-14(11-20(26)27)21-23-18-4-2-3-5-19(18)28-21/h2-10,12H,11H2,1H3,(H,26,27)/p-1/b14-10+. The van der Waals surface area contributed by atoms with Gasteiger partial charge in [0.1, 0.15) is 10.8 Å². The van der Waals surface area contributed by atoms with Gasteiger partial charge in [-0.3, -0.25) is 0 Å². The molecule has 2 aromatic carbocycles. The van der Waals surface area contributed by atoms with E-state index in [0.29, 0.717) is 16.3 Å². The highest BCUT2D eigenvalue weighted by Gasteiger charge is 2.12. The number of thiazole rings is 1. The maximum absolute atomic E-state index is 13.1. The Labute approximate surface area is 164 Å². The zero-order valence-corrected chi connectivity index (χ0v) is 15.7. The first-order chi connectivity index (χ1) is 13.5. The Balaban J connectivity index is 1.76. The summed E-state index contributed by atoms with van der Waals surface area (Å²) in [6, 6.07) is 13.6. The molecular weight excluding hydrogens is 377 g/mol. The van der Waals surface area contributed by atoms with Crippen LogP contribution in [0.15, 0.2) is 54.7 Å². The highest BCUT2D eigenvalue weighted by atomic mass is 32.1. The van der Waals surface area contributed by atoms with Gasteiger partial charge in [0.2, 0.25) is 0 Å². The molecule has 28 heavy (non-hydrogen) atoms. The Bertz CT molecular complexity index is 1160. The van der Waals surface area contributed by atoms with Crippen molar-refractivity contribution in [3.63, 3.8) is 0 Å². The lowest BCUT2D eigenvalue weighted by atomic mass is 10.1. The first kappa shape index (κ1) is 18.1. The predicted molar refractivity (Wildman–Crippen MR) is 105 cm³/mol. The number of carboxylic acids is 1. The lowest BCUT2D eigenvalue weighted by molar-refractivity contribution is -0.304. The lowest BCUT2D eigenvalue weighted by Gasteiger charge is -2.05. The number of hydrogen-bond donors (Lipinski definition) is 0. The van der Waals surface area contributed by atoms with Crippen LogP contribution < -0.4 is 5.11 Å². The van der Waals surface area contributed by atoms with E-state index >= 15 is 0 Å². The topological polar surface area (TPSA) is 70.8 Å². The number of para-hydroxylation sites is 1. The van der Waals surface area contributed by atoms with Crippen LogP contribution in [-0.4, -0.2) is 20.7 Å². The van der Waals surface area contributed by atoms with Crippen molar-refractivity contribution in [3.05, 3.63) is 76.8 Å². The van der Waals surface area contributed by atoms with Gasteiger partial charge in [0.05, 0.1) is 21.6 Å². The normalized spacial score (nSPS) is 11.9. The zero-order valence-electron chi connectivity index (χ0n) is 14.9. The van der Waals surface area contributed by atoms with Crippen molar-refractivity contribution in [2.24, 2.45) is 0 Å². The number of hydrogen-bond acceptors (Lipinski definition) is 5.